The molecule has 0 heterocycles. The van der Waals surface area contributed by atoms with Crippen LogP contribution < -0.4 is 0 Å². The number of allylic oxidation sites excluding steroid dienone is 2. The largest absolute Gasteiger partial charge is 0.472 e. The number of esters is 2. The van der Waals surface area contributed by atoms with Gasteiger partial charge in [0, 0.05) is 12.8 Å². The fraction of sp³-hybridized carbons (Fsp3) is 0.907. The summed E-state index contributed by atoms with van der Waals surface area (Å²) in [6.45, 7) is 3.29. The highest BCUT2D eigenvalue weighted by Gasteiger charge is 2.51. The van der Waals surface area contributed by atoms with E-state index in [1.54, 1.807) is 0 Å². The van der Waals surface area contributed by atoms with Crippen molar-refractivity contribution in [3.8, 4) is 0 Å². The Hall–Kier alpha value is -1.41. The Morgan fingerprint density at radius 2 is 0.895 bits per heavy atom. The number of carbonyl (C=O) groups excluding carboxylic acids is 2. The van der Waals surface area contributed by atoms with Gasteiger partial charge in [-0.25, -0.2) is 4.57 Å². The van der Waals surface area contributed by atoms with E-state index in [1.165, 1.54) is 96.3 Å². The number of aliphatic hydroxyl groups excluding tert-OH is 5. The number of rotatable bonds is 37. The molecule has 1 aliphatic rings. The number of hydrogen-bond acceptors (Lipinski definition) is 12. The summed E-state index contributed by atoms with van der Waals surface area (Å²) in [5, 5.41) is 50.1. The molecule has 6 N–H and O–H groups in total. The second-order valence-electron chi connectivity index (χ2n) is 15.9. The molecule has 0 aromatic heterocycles. The number of ether oxygens (including phenoxy) is 2. The minimum Gasteiger partial charge on any atom is -0.462 e. The van der Waals surface area contributed by atoms with Gasteiger partial charge >= 0.3 is 19.8 Å². The normalized spacial score (nSPS) is 22.7. The molecule has 1 fully saturated rings. The van der Waals surface area contributed by atoms with E-state index < -0.39 is 75.7 Å². The first-order chi connectivity index (χ1) is 27.4. The SMILES string of the molecule is CCCCCCCC/C=C\CCCCCCCC(=O)OC(COC(=O)CCCCCCCCCCCCCCC)COP(=O)(O)OC1C(O)C(O)C(O)C(O)C1O. The highest BCUT2D eigenvalue weighted by atomic mass is 31.2. The lowest BCUT2D eigenvalue weighted by Crippen LogP contribution is -2.64. The zero-order valence-electron chi connectivity index (χ0n) is 35.4. The molecule has 0 saturated heterocycles. The van der Waals surface area contributed by atoms with Crippen molar-refractivity contribution in [3.63, 3.8) is 0 Å². The summed E-state index contributed by atoms with van der Waals surface area (Å²) in [6.07, 6.45) is 21.2. The second kappa shape index (κ2) is 34.3. The molecular formula is C43H81O13P. The fourth-order valence-electron chi connectivity index (χ4n) is 6.93. The Labute approximate surface area is 343 Å². The molecular weight excluding hydrogens is 755 g/mol. The van der Waals surface area contributed by atoms with E-state index in [9.17, 15) is 44.6 Å². The average Bonchev–Trinajstić information content (AvgIpc) is 3.19. The molecule has 0 amide bonds. The molecule has 13 nitrogen and oxygen atoms in total. The number of carbonyl (C=O) groups is 2. The van der Waals surface area contributed by atoms with E-state index in [2.05, 4.69) is 26.0 Å². The predicted molar refractivity (Wildman–Crippen MR) is 221 cm³/mol. The van der Waals surface area contributed by atoms with Crippen LogP contribution in [0.2, 0.25) is 0 Å². The van der Waals surface area contributed by atoms with Crippen LogP contribution in [-0.2, 0) is 32.7 Å². The van der Waals surface area contributed by atoms with Crippen molar-refractivity contribution in [1.29, 1.82) is 0 Å². The first-order valence-corrected chi connectivity index (χ1v) is 24.0. The van der Waals surface area contributed by atoms with Crippen LogP contribution in [0.5, 0.6) is 0 Å². The maximum Gasteiger partial charge on any atom is 0.472 e. The zero-order valence-corrected chi connectivity index (χ0v) is 36.3. The minimum absolute atomic E-state index is 0.0907. The molecule has 0 bridgehead atoms. The summed E-state index contributed by atoms with van der Waals surface area (Å²) in [5.74, 6) is -1.10. The van der Waals surface area contributed by atoms with Crippen LogP contribution in [0.1, 0.15) is 194 Å². The molecule has 1 rings (SSSR count). The second-order valence-corrected chi connectivity index (χ2v) is 17.3. The minimum atomic E-state index is -5.11. The van der Waals surface area contributed by atoms with E-state index in [1.807, 2.05) is 0 Å². The Balaban J connectivity index is 2.48. The van der Waals surface area contributed by atoms with Crippen LogP contribution in [0.3, 0.4) is 0 Å². The van der Waals surface area contributed by atoms with Gasteiger partial charge in [-0.3, -0.25) is 18.6 Å². The maximum absolute atomic E-state index is 12.8. The Morgan fingerprint density at radius 3 is 1.33 bits per heavy atom. The summed E-state index contributed by atoms with van der Waals surface area (Å²) in [5.41, 5.74) is 0. The van der Waals surface area contributed by atoms with E-state index in [0.717, 1.165) is 57.8 Å². The van der Waals surface area contributed by atoms with Crippen LogP contribution in [0.25, 0.3) is 0 Å². The van der Waals surface area contributed by atoms with Crippen molar-refractivity contribution in [2.45, 2.75) is 236 Å². The molecule has 0 aliphatic heterocycles. The van der Waals surface area contributed by atoms with Gasteiger partial charge in [0.05, 0.1) is 6.61 Å². The van der Waals surface area contributed by atoms with Crippen LogP contribution in [-0.4, -0.2) is 98.3 Å². The van der Waals surface area contributed by atoms with Crippen LogP contribution in [0.4, 0.5) is 0 Å². The van der Waals surface area contributed by atoms with Crippen molar-refractivity contribution >= 4 is 19.8 Å². The molecule has 336 valence electrons. The van der Waals surface area contributed by atoms with Gasteiger partial charge in [0.25, 0.3) is 0 Å². The maximum atomic E-state index is 12.8. The summed E-state index contributed by atoms with van der Waals surface area (Å²) in [6, 6.07) is 0. The average molecular weight is 837 g/mol. The third-order valence-electron chi connectivity index (χ3n) is 10.6. The fourth-order valence-corrected chi connectivity index (χ4v) is 7.90. The summed E-state index contributed by atoms with van der Waals surface area (Å²) in [7, 11) is -5.11. The number of unbranched alkanes of at least 4 members (excludes halogenated alkanes) is 23. The molecule has 6 unspecified atom stereocenters. The van der Waals surface area contributed by atoms with Crippen molar-refractivity contribution in [3.05, 3.63) is 12.2 Å². The highest BCUT2D eigenvalue weighted by Crippen LogP contribution is 2.47. The smallest absolute Gasteiger partial charge is 0.462 e. The lowest BCUT2D eigenvalue weighted by molar-refractivity contribution is -0.220. The van der Waals surface area contributed by atoms with Crippen LogP contribution >= 0.6 is 7.82 Å². The van der Waals surface area contributed by atoms with Crippen molar-refractivity contribution in [1.82, 2.24) is 0 Å². The molecule has 1 saturated carbocycles. The third-order valence-corrected chi connectivity index (χ3v) is 11.6. The first-order valence-electron chi connectivity index (χ1n) is 22.5. The van der Waals surface area contributed by atoms with Crippen LogP contribution in [0, 0.1) is 0 Å². The Kier molecular flexibility index (Phi) is 32.3. The summed E-state index contributed by atoms with van der Waals surface area (Å²) in [4.78, 5) is 35.6. The number of hydrogen-bond donors (Lipinski definition) is 6. The summed E-state index contributed by atoms with van der Waals surface area (Å²) < 4.78 is 33.5. The van der Waals surface area contributed by atoms with Gasteiger partial charge in [0.15, 0.2) is 6.10 Å². The Morgan fingerprint density at radius 1 is 0.526 bits per heavy atom. The summed E-state index contributed by atoms with van der Waals surface area (Å²) >= 11 is 0. The van der Waals surface area contributed by atoms with Gasteiger partial charge in [-0.1, -0.05) is 154 Å². The first kappa shape index (κ1) is 53.6. The van der Waals surface area contributed by atoms with Crippen molar-refractivity contribution in [2.24, 2.45) is 0 Å². The van der Waals surface area contributed by atoms with Gasteiger partial charge in [-0.05, 0) is 38.5 Å². The standard InChI is InChI=1S/C43H81O13P/c1-3-5-7-9-11-13-15-17-18-20-22-24-26-28-30-32-37(45)55-35(34-54-57(51,52)56-43-41(49)39(47)38(46)40(48)42(43)50)33-53-36(44)31-29-27-25-23-21-19-16-14-12-10-8-6-4-2/h17-18,35,38-43,46-50H,3-16,19-34H2,1-2H3,(H,51,52)/b18-17-. The molecule has 0 aromatic carbocycles. The third kappa shape index (κ3) is 27.1. The van der Waals surface area contributed by atoms with Gasteiger partial charge in [-0.15, -0.1) is 0 Å². The van der Waals surface area contributed by atoms with Gasteiger partial charge in [0.2, 0.25) is 0 Å². The molecule has 0 aromatic rings. The quantitative estimate of drug-likeness (QED) is 0.0151. The van der Waals surface area contributed by atoms with E-state index in [0.29, 0.717) is 12.8 Å². The van der Waals surface area contributed by atoms with E-state index >= 15 is 0 Å². The van der Waals surface area contributed by atoms with Gasteiger partial charge < -0.3 is 39.9 Å². The van der Waals surface area contributed by atoms with E-state index in [-0.39, 0.29) is 12.8 Å². The molecule has 14 heteroatoms. The number of aliphatic hydroxyl groups is 5. The highest BCUT2D eigenvalue weighted by molar-refractivity contribution is 7.47. The monoisotopic (exact) mass is 837 g/mol. The predicted octanol–water partition coefficient (Wildman–Crippen LogP) is 8.28. The lowest BCUT2D eigenvalue weighted by atomic mass is 9.85. The topological polar surface area (TPSA) is 210 Å². The molecule has 1 aliphatic carbocycles. The van der Waals surface area contributed by atoms with E-state index in [4.69, 9.17) is 18.5 Å². The number of phosphoric ester groups is 1. The molecule has 0 radical (unpaired) electrons. The van der Waals surface area contributed by atoms with Gasteiger partial charge in [-0.2, -0.15) is 0 Å². The molecule has 57 heavy (non-hydrogen) atoms. The Bertz CT molecular complexity index is 1060. The number of phosphoric acid groups is 1. The molecule has 0 spiro atoms. The lowest BCUT2D eigenvalue weighted by Gasteiger charge is -2.41. The van der Waals surface area contributed by atoms with Crippen molar-refractivity contribution in [2.75, 3.05) is 13.2 Å². The molecule has 6 atom stereocenters. The zero-order chi connectivity index (χ0) is 42.2. The van der Waals surface area contributed by atoms with Crippen molar-refractivity contribution < 1.29 is 63.1 Å². The van der Waals surface area contributed by atoms with Gasteiger partial charge in [0.1, 0.15) is 43.2 Å². The van der Waals surface area contributed by atoms with Crippen LogP contribution in [0.15, 0.2) is 12.2 Å².